The molecule has 0 bridgehead atoms. The number of benzene rings is 2. The molecule has 1 aromatic heterocycles. The summed E-state index contributed by atoms with van der Waals surface area (Å²) in [7, 11) is 0. The number of aryl methyl sites for hydroxylation is 1. The first-order valence-corrected chi connectivity index (χ1v) is 9.39. The fraction of sp³-hybridized carbons (Fsp3) is 0.238. The van der Waals surface area contributed by atoms with Crippen molar-refractivity contribution in [3.8, 4) is 17.0 Å². The molecule has 0 radical (unpaired) electrons. The lowest BCUT2D eigenvalue weighted by Crippen LogP contribution is -2.30. The van der Waals surface area contributed by atoms with Crippen molar-refractivity contribution in [1.29, 1.82) is 0 Å². The van der Waals surface area contributed by atoms with E-state index in [1.54, 1.807) is 42.2 Å². The van der Waals surface area contributed by atoms with Gasteiger partial charge < -0.3 is 31.3 Å². The summed E-state index contributed by atoms with van der Waals surface area (Å²) in [6.45, 7) is 2.03. The number of rotatable bonds is 8. The van der Waals surface area contributed by atoms with Gasteiger partial charge >= 0.3 is 0 Å². The number of aromatic nitrogens is 2. The number of phenolic OH excluding ortho intramolecular Hbond substituents is 1. The van der Waals surface area contributed by atoms with E-state index in [1.807, 2.05) is 0 Å². The minimum atomic E-state index is -0.387. The van der Waals surface area contributed by atoms with E-state index in [2.05, 4.69) is 15.3 Å². The average molecular weight is 413 g/mol. The second-order valence-electron chi connectivity index (χ2n) is 6.74. The second-order valence-corrected chi connectivity index (χ2v) is 6.74. The number of aliphatic hydroxyl groups is 2. The van der Waals surface area contributed by atoms with Gasteiger partial charge in [0.25, 0.3) is 0 Å². The quantitative estimate of drug-likeness (QED) is 0.356. The van der Waals surface area contributed by atoms with Gasteiger partial charge in [0.05, 0.1) is 24.6 Å². The van der Waals surface area contributed by atoms with E-state index < -0.39 is 0 Å². The van der Waals surface area contributed by atoms with Crippen molar-refractivity contribution < 1.29 is 19.7 Å². The van der Waals surface area contributed by atoms with Crippen molar-refractivity contribution in [3.63, 3.8) is 0 Å². The van der Waals surface area contributed by atoms with Crippen molar-refractivity contribution in [3.05, 3.63) is 53.8 Å². The van der Waals surface area contributed by atoms with Gasteiger partial charge in [-0.05, 0) is 42.8 Å². The maximum atomic E-state index is 14.2. The van der Waals surface area contributed by atoms with Crippen LogP contribution in [-0.2, 0) is 0 Å². The SMILES string of the molecule is Cc1ccc(Nc2ccc(O)c(-c3cc(N(CCO)CCO)nc(N)n3)c2)c(F)c1. The minimum Gasteiger partial charge on any atom is -0.507 e. The lowest BCUT2D eigenvalue weighted by atomic mass is 10.1. The van der Waals surface area contributed by atoms with E-state index in [9.17, 15) is 19.7 Å². The van der Waals surface area contributed by atoms with Crippen LogP contribution < -0.4 is 16.0 Å². The first-order valence-electron chi connectivity index (χ1n) is 9.39. The van der Waals surface area contributed by atoms with Crippen LogP contribution in [-0.4, -0.2) is 51.6 Å². The Bertz CT molecular complexity index is 1030. The summed E-state index contributed by atoms with van der Waals surface area (Å²) in [5.41, 5.74) is 8.23. The van der Waals surface area contributed by atoms with Gasteiger partial charge in [-0.15, -0.1) is 0 Å². The number of nitrogens with zero attached hydrogens (tertiary/aromatic N) is 3. The zero-order chi connectivity index (χ0) is 21.7. The van der Waals surface area contributed by atoms with Gasteiger partial charge in [0.2, 0.25) is 5.95 Å². The first kappa shape index (κ1) is 21.3. The Labute approximate surface area is 173 Å². The van der Waals surface area contributed by atoms with Gasteiger partial charge in [0.15, 0.2) is 0 Å². The monoisotopic (exact) mass is 413 g/mol. The number of aliphatic hydroxyl groups excluding tert-OH is 2. The molecule has 0 fully saturated rings. The van der Waals surface area contributed by atoms with Gasteiger partial charge in [-0.1, -0.05) is 6.07 Å². The van der Waals surface area contributed by atoms with Crippen LogP contribution in [0.1, 0.15) is 5.56 Å². The first-order chi connectivity index (χ1) is 14.4. The van der Waals surface area contributed by atoms with Crippen molar-refractivity contribution >= 4 is 23.1 Å². The fourth-order valence-corrected chi connectivity index (χ4v) is 3.03. The second kappa shape index (κ2) is 9.38. The van der Waals surface area contributed by atoms with Crippen LogP contribution in [0.5, 0.6) is 5.75 Å². The predicted octanol–water partition coefficient (Wildman–Crippen LogP) is 2.41. The highest BCUT2D eigenvalue weighted by Gasteiger charge is 2.15. The Kier molecular flexibility index (Phi) is 6.65. The molecule has 0 aliphatic rings. The highest BCUT2D eigenvalue weighted by molar-refractivity contribution is 5.75. The number of nitrogens with one attached hydrogen (secondary N) is 1. The summed E-state index contributed by atoms with van der Waals surface area (Å²) in [4.78, 5) is 10.0. The topological polar surface area (TPSA) is 128 Å². The number of hydrogen-bond acceptors (Lipinski definition) is 8. The van der Waals surface area contributed by atoms with Gasteiger partial charge in [-0.2, -0.15) is 4.98 Å². The number of phenols is 1. The van der Waals surface area contributed by atoms with Crippen molar-refractivity contribution in [2.75, 3.05) is 42.3 Å². The molecule has 0 saturated heterocycles. The Balaban J connectivity index is 1.98. The van der Waals surface area contributed by atoms with E-state index >= 15 is 0 Å². The van der Waals surface area contributed by atoms with E-state index in [4.69, 9.17) is 5.73 Å². The van der Waals surface area contributed by atoms with Crippen molar-refractivity contribution in [1.82, 2.24) is 9.97 Å². The Hall–Kier alpha value is -3.43. The number of anilines is 4. The summed E-state index contributed by atoms with van der Waals surface area (Å²) >= 11 is 0. The molecule has 3 rings (SSSR count). The van der Waals surface area contributed by atoms with Crippen LogP contribution >= 0.6 is 0 Å². The van der Waals surface area contributed by atoms with E-state index in [0.717, 1.165) is 5.56 Å². The van der Waals surface area contributed by atoms with Crippen LogP contribution in [0.25, 0.3) is 11.3 Å². The van der Waals surface area contributed by atoms with Gasteiger partial charge in [-0.25, -0.2) is 9.37 Å². The Morgan fingerprint density at radius 3 is 2.43 bits per heavy atom. The Morgan fingerprint density at radius 1 is 1.03 bits per heavy atom. The third kappa shape index (κ3) is 4.94. The maximum absolute atomic E-state index is 14.2. The van der Waals surface area contributed by atoms with Crippen LogP contribution in [0.15, 0.2) is 42.5 Å². The van der Waals surface area contributed by atoms with E-state index in [0.29, 0.717) is 28.5 Å². The zero-order valence-electron chi connectivity index (χ0n) is 16.5. The molecule has 158 valence electrons. The molecular weight excluding hydrogens is 389 g/mol. The van der Waals surface area contributed by atoms with Crippen LogP contribution in [0.3, 0.4) is 0 Å². The summed E-state index contributed by atoms with van der Waals surface area (Å²) in [6.07, 6.45) is 0. The molecule has 0 unspecified atom stereocenters. The molecular formula is C21H24FN5O3. The summed E-state index contributed by atoms with van der Waals surface area (Å²) in [6, 6.07) is 11.2. The molecule has 1 heterocycles. The molecule has 0 amide bonds. The normalized spacial score (nSPS) is 10.8. The van der Waals surface area contributed by atoms with Crippen molar-refractivity contribution in [2.24, 2.45) is 0 Å². The largest absolute Gasteiger partial charge is 0.507 e. The highest BCUT2D eigenvalue weighted by Crippen LogP contribution is 2.34. The van der Waals surface area contributed by atoms with Gasteiger partial charge in [0, 0.05) is 30.4 Å². The molecule has 8 nitrogen and oxygen atoms in total. The summed E-state index contributed by atoms with van der Waals surface area (Å²) < 4.78 is 14.2. The molecule has 6 N–H and O–H groups in total. The standard InChI is InChI=1S/C21H24FN5O3/c1-13-2-4-17(16(22)10-13)24-14-3-5-19(30)15(11-14)18-12-20(26-21(23)25-18)27(6-8-28)7-9-29/h2-5,10-12,24,28-30H,6-9H2,1H3,(H2,23,25,26). The Morgan fingerprint density at radius 2 is 1.77 bits per heavy atom. The lowest BCUT2D eigenvalue weighted by Gasteiger charge is -2.22. The molecule has 3 aromatic rings. The molecule has 0 spiro atoms. The molecule has 2 aromatic carbocycles. The molecule has 30 heavy (non-hydrogen) atoms. The predicted molar refractivity (Wildman–Crippen MR) is 114 cm³/mol. The smallest absolute Gasteiger partial charge is 0.222 e. The molecule has 0 aliphatic carbocycles. The minimum absolute atomic E-state index is 0.0225. The van der Waals surface area contributed by atoms with Crippen LogP contribution in [0.2, 0.25) is 0 Å². The third-order valence-corrected chi connectivity index (χ3v) is 4.47. The molecule has 0 atom stereocenters. The average Bonchev–Trinajstić information content (AvgIpc) is 2.71. The number of halogens is 1. The number of hydrogen-bond donors (Lipinski definition) is 5. The zero-order valence-corrected chi connectivity index (χ0v) is 16.5. The van der Waals surface area contributed by atoms with Crippen LogP contribution in [0.4, 0.5) is 27.5 Å². The summed E-state index contributed by atoms with van der Waals surface area (Å²) in [5, 5.41) is 31.9. The van der Waals surface area contributed by atoms with Gasteiger partial charge in [-0.3, -0.25) is 0 Å². The summed E-state index contributed by atoms with van der Waals surface area (Å²) in [5.74, 6) is -0.0413. The van der Waals surface area contributed by atoms with E-state index in [-0.39, 0.29) is 43.8 Å². The van der Waals surface area contributed by atoms with Crippen molar-refractivity contribution in [2.45, 2.75) is 6.92 Å². The lowest BCUT2D eigenvalue weighted by molar-refractivity contribution is 0.280. The van der Waals surface area contributed by atoms with Gasteiger partial charge in [0.1, 0.15) is 17.4 Å². The third-order valence-electron chi connectivity index (χ3n) is 4.47. The highest BCUT2D eigenvalue weighted by atomic mass is 19.1. The number of nitrogen functional groups attached to an aromatic ring is 1. The number of nitrogens with two attached hydrogens (primary N) is 1. The number of aromatic hydroxyl groups is 1. The van der Waals surface area contributed by atoms with Crippen LogP contribution in [0, 0.1) is 12.7 Å². The van der Waals surface area contributed by atoms with E-state index in [1.165, 1.54) is 12.1 Å². The molecule has 9 heteroatoms. The maximum Gasteiger partial charge on any atom is 0.222 e. The molecule has 0 aliphatic heterocycles. The fourth-order valence-electron chi connectivity index (χ4n) is 3.03. The molecule has 0 saturated carbocycles.